The van der Waals surface area contributed by atoms with Crippen molar-refractivity contribution in [3.05, 3.63) is 77.4 Å². The Kier molecular flexibility index (Phi) is 5.71. The van der Waals surface area contributed by atoms with E-state index >= 15 is 0 Å². The van der Waals surface area contributed by atoms with Crippen LogP contribution >= 0.6 is 0 Å². The van der Waals surface area contributed by atoms with Crippen molar-refractivity contribution in [3.8, 4) is 6.07 Å². The number of amides is 1. The summed E-state index contributed by atoms with van der Waals surface area (Å²) in [5.41, 5.74) is 2.50. The summed E-state index contributed by atoms with van der Waals surface area (Å²) >= 11 is 0. The number of carboxylic acids is 1. The molecule has 0 bridgehead atoms. The molecule has 0 aliphatic heterocycles. The monoisotopic (exact) mass is 372 g/mol. The summed E-state index contributed by atoms with van der Waals surface area (Å²) in [6.07, 6.45) is 0.229. The molecule has 2 N–H and O–H groups in total. The molecule has 0 fully saturated rings. The first kappa shape index (κ1) is 19.1. The van der Waals surface area contributed by atoms with Gasteiger partial charge in [0.05, 0.1) is 17.6 Å². The van der Waals surface area contributed by atoms with Crippen molar-refractivity contribution in [1.29, 1.82) is 5.26 Å². The van der Waals surface area contributed by atoms with Crippen LogP contribution in [0.5, 0.6) is 0 Å². The summed E-state index contributed by atoms with van der Waals surface area (Å²) in [4.78, 5) is 23.8. The van der Waals surface area contributed by atoms with Gasteiger partial charge in [-0.15, -0.1) is 0 Å². The second-order valence-corrected chi connectivity index (χ2v) is 6.66. The van der Waals surface area contributed by atoms with Gasteiger partial charge >= 0.3 is 5.97 Å². The highest BCUT2D eigenvalue weighted by atomic mass is 16.4. The average Bonchev–Trinajstić information content (AvgIpc) is 2.71. The fourth-order valence-corrected chi connectivity index (χ4v) is 3.23. The maximum absolute atomic E-state index is 12.9. The Morgan fingerprint density at radius 1 is 1.11 bits per heavy atom. The predicted octanol–water partition coefficient (Wildman–Crippen LogP) is 4.47. The van der Waals surface area contributed by atoms with Crippen molar-refractivity contribution in [2.45, 2.75) is 25.7 Å². The molecule has 0 aliphatic carbocycles. The van der Waals surface area contributed by atoms with Crippen LogP contribution in [0.25, 0.3) is 10.8 Å². The quantitative estimate of drug-likeness (QED) is 0.668. The van der Waals surface area contributed by atoms with Crippen molar-refractivity contribution in [3.63, 3.8) is 0 Å². The lowest BCUT2D eigenvalue weighted by molar-refractivity contribution is -0.136. The average molecular weight is 372 g/mol. The molecule has 1 amide bonds. The highest BCUT2D eigenvalue weighted by Crippen LogP contribution is 2.27. The van der Waals surface area contributed by atoms with Gasteiger partial charge in [-0.2, -0.15) is 5.26 Å². The molecule has 0 saturated carbocycles. The van der Waals surface area contributed by atoms with E-state index in [0.29, 0.717) is 16.8 Å². The topological polar surface area (TPSA) is 90.2 Å². The van der Waals surface area contributed by atoms with Gasteiger partial charge in [0.25, 0.3) is 0 Å². The first-order valence-corrected chi connectivity index (χ1v) is 9.03. The summed E-state index contributed by atoms with van der Waals surface area (Å²) in [6.45, 7) is 1.84. The molecule has 1 atom stereocenters. The molecule has 5 heteroatoms. The molecule has 140 valence electrons. The van der Waals surface area contributed by atoms with Crippen molar-refractivity contribution < 1.29 is 14.7 Å². The largest absolute Gasteiger partial charge is 0.481 e. The number of nitrogens with zero attached hydrogens (tertiary/aromatic N) is 1. The molecule has 0 radical (unpaired) electrons. The number of nitriles is 1. The fourth-order valence-electron chi connectivity index (χ4n) is 3.23. The van der Waals surface area contributed by atoms with Crippen LogP contribution in [0, 0.1) is 11.3 Å². The van der Waals surface area contributed by atoms with Gasteiger partial charge in [-0.3, -0.25) is 9.59 Å². The molecular weight excluding hydrogens is 352 g/mol. The molecule has 5 nitrogen and oxygen atoms in total. The third-order valence-corrected chi connectivity index (χ3v) is 4.79. The number of carbonyl (C=O) groups is 2. The number of aliphatic carboxylic acids is 1. The molecule has 3 aromatic rings. The normalized spacial score (nSPS) is 11.6. The van der Waals surface area contributed by atoms with E-state index in [4.69, 9.17) is 10.4 Å². The van der Waals surface area contributed by atoms with E-state index < -0.39 is 11.9 Å². The highest BCUT2D eigenvalue weighted by molar-refractivity contribution is 5.99. The van der Waals surface area contributed by atoms with Crippen LogP contribution < -0.4 is 5.32 Å². The molecule has 0 heterocycles. The lowest BCUT2D eigenvalue weighted by Gasteiger charge is -2.17. The van der Waals surface area contributed by atoms with Gasteiger partial charge in [-0.1, -0.05) is 48.5 Å². The number of nitrogens with one attached hydrogen (secondary N) is 1. The zero-order valence-electron chi connectivity index (χ0n) is 15.5. The molecule has 28 heavy (non-hydrogen) atoms. The van der Waals surface area contributed by atoms with Gasteiger partial charge < -0.3 is 10.4 Å². The Hall–Kier alpha value is -3.65. The SMILES string of the molecule is CC(C(=O)Nc1cc(C#N)ccc1CCC(=O)O)c1cccc2ccccc12. The Balaban J connectivity index is 1.89. The molecular formula is C23H20N2O3. The Bertz CT molecular complexity index is 1080. The molecule has 0 saturated heterocycles. The van der Waals surface area contributed by atoms with E-state index in [-0.39, 0.29) is 18.7 Å². The van der Waals surface area contributed by atoms with Gasteiger partial charge in [-0.05, 0) is 47.4 Å². The third kappa shape index (κ3) is 4.18. The number of fused-ring (bicyclic) bond motifs is 1. The standard InChI is InChI=1S/C23H20N2O3/c1-15(19-8-4-6-17-5-2-3-7-20(17)19)23(28)25-21-13-16(14-24)9-10-18(21)11-12-22(26)27/h2-10,13,15H,11-12H2,1H3,(H,25,28)(H,26,27). The summed E-state index contributed by atoms with van der Waals surface area (Å²) in [6, 6.07) is 20.7. The van der Waals surface area contributed by atoms with Crippen LogP contribution in [0.15, 0.2) is 60.7 Å². The first-order valence-electron chi connectivity index (χ1n) is 9.03. The summed E-state index contributed by atoms with van der Waals surface area (Å²) in [7, 11) is 0. The zero-order chi connectivity index (χ0) is 20.1. The molecule has 0 aromatic heterocycles. The highest BCUT2D eigenvalue weighted by Gasteiger charge is 2.19. The second kappa shape index (κ2) is 8.36. The van der Waals surface area contributed by atoms with E-state index in [1.165, 1.54) is 0 Å². The number of anilines is 1. The van der Waals surface area contributed by atoms with E-state index in [1.54, 1.807) is 18.2 Å². The smallest absolute Gasteiger partial charge is 0.303 e. The van der Waals surface area contributed by atoms with Gasteiger partial charge in [-0.25, -0.2) is 0 Å². The number of hydrogen-bond acceptors (Lipinski definition) is 3. The number of rotatable bonds is 6. The predicted molar refractivity (Wildman–Crippen MR) is 108 cm³/mol. The van der Waals surface area contributed by atoms with E-state index in [9.17, 15) is 9.59 Å². The van der Waals surface area contributed by atoms with Crippen LogP contribution in [0.4, 0.5) is 5.69 Å². The van der Waals surface area contributed by atoms with Gasteiger partial charge in [0.1, 0.15) is 0 Å². The van der Waals surface area contributed by atoms with Gasteiger partial charge in [0, 0.05) is 12.1 Å². The summed E-state index contributed by atoms with van der Waals surface area (Å²) < 4.78 is 0. The number of carboxylic acid groups (broad SMARTS) is 1. The van der Waals surface area contributed by atoms with E-state index in [2.05, 4.69) is 11.4 Å². The van der Waals surface area contributed by atoms with Crippen molar-refractivity contribution in [2.24, 2.45) is 0 Å². The maximum Gasteiger partial charge on any atom is 0.303 e. The van der Waals surface area contributed by atoms with Crippen LogP contribution in [0.3, 0.4) is 0 Å². The first-order chi connectivity index (χ1) is 13.5. The Morgan fingerprint density at radius 3 is 2.61 bits per heavy atom. The van der Waals surface area contributed by atoms with Crippen molar-refractivity contribution in [1.82, 2.24) is 0 Å². The molecule has 3 rings (SSSR count). The van der Waals surface area contributed by atoms with Crippen LogP contribution in [0.1, 0.15) is 36.0 Å². The summed E-state index contributed by atoms with van der Waals surface area (Å²) in [5, 5.41) is 23.1. The maximum atomic E-state index is 12.9. The van der Waals surface area contributed by atoms with Crippen LogP contribution in [0.2, 0.25) is 0 Å². The van der Waals surface area contributed by atoms with Crippen molar-refractivity contribution in [2.75, 3.05) is 5.32 Å². The molecule has 3 aromatic carbocycles. The minimum atomic E-state index is -0.911. The molecule has 0 spiro atoms. The minimum absolute atomic E-state index is 0.0480. The number of aryl methyl sites for hydroxylation is 1. The molecule has 0 aliphatic rings. The lowest BCUT2D eigenvalue weighted by Crippen LogP contribution is -2.20. The Morgan fingerprint density at radius 2 is 1.86 bits per heavy atom. The van der Waals surface area contributed by atoms with E-state index in [1.807, 2.05) is 49.4 Å². The lowest BCUT2D eigenvalue weighted by atomic mass is 9.94. The number of benzene rings is 3. The van der Waals surface area contributed by atoms with Crippen LogP contribution in [-0.4, -0.2) is 17.0 Å². The summed E-state index contributed by atoms with van der Waals surface area (Å²) in [5.74, 6) is -1.53. The number of carbonyl (C=O) groups excluding carboxylic acids is 1. The zero-order valence-corrected chi connectivity index (χ0v) is 15.5. The third-order valence-electron chi connectivity index (χ3n) is 4.79. The van der Waals surface area contributed by atoms with Gasteiger partial charge in [0.15, 0.2) is 0 Å². The number of hydrogen-bond donors (Lipinski definition) is 2. The Labute approximate surface area is 163 Å². The minimum Gasteiger partial charge on any atom is -0.481 e. The fraction of sp³-hybridized carbons (Fsp3) is 0.174. The van der Waals surface area contributed by atoms with E-state index in [0.717, 1.165) is 16.3 Å². The molecule has 1 unspecified atom stereocenters. The second-order valence-electron chi connectivity index (χ2n) is 6.66. The van der Waals surface area contributed by atoms with Crippen LogP contribution in [-0.2, 0) is 16.0 Å². The van der Waals surface area contributed by atoms with Crippen molar-refractivity contribution >= 4 is 28.3 Å². The van der Waals surface area contributed by atoms with Gasteiger partial charge in [0.2, 0.25) is 5.91 Å².